The first kappa shape index (κ1) is 24.5. The van der Waals surface area contributed by atoms with E-state index in [4.69, 9.17) is 16.3 Å². The Hall–Kier alpha value is -3.11. The fraction of sp³-hybridized carbons (Fsp3) is 0.318. The molecule has 0 saturated heterocycles. The quantitative estimate of drug-likeness (QED) is 0.234. The predicted octanol–water partition coefficient (Wildman–Crippen LogP) is 5.29. The van der Waals surface area contributed by atoms with Crippen LogP contribution in [0.5, 0.6) is 5.75 Å². The Balaban J connectivity index is 1.66. The maximum Gasteiger partial charge on any atom is 0.271 e. The van der Waals surface area contributed by atoms with Crippen LogP contribution in [0, 0.1) is 16.0 Å². The van der Waals surface area contributed by atoms with Crippen molar-refractivity contribution in [2.24, 2.45) is 5.92 Å². The lowest BCUT2D eigenvalue weighted by molar-refractivity contribution is -0.384. The molecule has 0 atom stereocenters. The molecule has 0 aliphatic carbocycles. The molecule has 0 bridgehead atoms. The average Bonchev–Trinajstić information content (AvgIpc) is 3.20. The van der Waals surface area contributed by atoms with Crippen molar-refractivity contribution in [2.45, 2.75) is 32.5 Å². The molecule has 0 radical (unpaired) electrons. The van der Waals surface area contributed by atoms with Crippen molar-refractivity contribution in [1.82, 2.24) is 14.8 Å². The van der Waals surface area contributed by atoms with Crippen LogP contribution in [0.15, 0.2) is 47.6 Å². The first-order valence-electron chi connectivity index (χ1n) is 10.3. The van der Waals surface area contributed by atoms with Gasteiger partial charge >= 0.3 is 0 Å². The van der Waals surface area contributed by atoms with Gasteiger partial charge in [0.1, 0.15) is 5.75 Å². The number of nitro benzene ring substituents is 1. The molecule has 0 aliphatic heterocycles. The van der Waals surface area contributed by atoms with Crippen molar-refractivity contribution in [3.05, 3.63) is 57.6 Å². The third-order valence-electron chi connectivity index (χ3n) is 4.50. The predicted molar refractivity (Wildman–Crippen MR) is 129 cm³/mol. The molecule has 0 fully saturated rings. The highest BCUT2D eigenvalue weighted by atomic mass is 35.5. The smallest absolute Gasteiger partial charge is 0.271 e. The molecule has 0 aliphatic rings. The molecule has 0 spiro atoms. The van der Waals surface area contributed by atoms with E-state index in [9.17, 15) is 14.9 Å². The van der Waals surface area contributed by atoms with E-state index in [-0.39, 0.29) is 28.1 Å². The van der Waals surface area contributed by atoms with Gasteiger partial charge in [-0.1, -0.05) is 37.2 Å². The Bertz CT molecular complexity index is 1130. The zero-order chi connectivity index (χ0) is 24.0. The number of halogens is 1. The third kappa shape index (κ3) is 6.45. The van der Waals surface area contributed by atoms with Crippen molar-refractivity contribution in [3.8, 4) is 17.1 Å². The molecule has 1 aromatic heterocycles. The van der Waals surface area contributed by atoms with Crippen molar-refractivity contribution in [1.29, 1.82) is 0 Å². The van der Waals surface area contributed by atoms with Crippen molar-refractivity contribution in [2.75, 3.05) is 17.7 Å². The number of anilines is 1. The maximum atomic E-state index is 12.4. The molecule has 1 heterocycles. The summed E-state index contributed by atoms with van der Waals surface area (Å²) >= 11 is 7.27. The van der Waals surface area contributed by atoms with Gasteiger partial charge in [-0.2, -0.15) is 0 Å². The van der Waals surface area contributed by atoms with Crippen LogP contribution in [0.2, 0.25) is 5.02 Å². The minimum absolute atomic E-state index is 0.0408. The number of carbonyl (C=O) groups excluding carboxylic acids is 1. The number of hydrogen-bond donors (Lipinski definition) is 1. The van der Waals surface area contributed by atoms with E-state index in [1.54, 1.807) is 0 Å². The van der Waals surface area contributed by atoms with Gasteiger partial charge in [0.2, 0.25) is 5.91 Å². The summed E-state index contributed by atoms with van der Waals surface area (Å²) in [6.45, 7) is 7.43. The monoisotopic (exact) mass is 489 g/mol. The summed E-state index contributed by atoms with van der Waals surface area (Å²) in [5.74, 6) is 1.61. The van der Waals surface area contributed by atoms with Gasteiger partial charge in [0.15, 0.2) is 11.0 Å². The van der Waals surface area contributed by atoms with Gasteiger partial charge in [-0.25, -0.2) is 0 Å². The van der Waals surface area contributed by atoms with E-state index in [2.05, 4.69) is 29.4 Å². The number of carbonyl (C=O) groups is 1. The number of non-ortho nitro benzene ring substituents is 1. The van der Waals surface area contributed by atoms with Crippen molar-refractivity contribution < 1.29 is 14.5 Å². The average molecular weight is 490 g/mol. The number of nitrogens with zero attached hydrogens (tertiary/aromatic N) is 4. The number of benzene rings is 2. The Labute approximate surface area is 200 Å². The first-order valence-corrected chi connectivity index (χ1v) is 11.7. The molecular weight excluding hydrogens is 466 g/mol. The molecule has 174 valence electrons. The first-order chi connectivity index (χ1) is 15.8. The molecule has 3 aromatic rings. The largest absolute Gasteiger partial charge is 0.493 e. The second kappa shape index (κ2) is 11.2. The molecule has 0 unspecified atom stereocenters. The van der Waals surface area contributed by atoms with E-state index in [1.807, 2.05) is 35.8 Å². The Morgan fingerprint density at radius 1 is 1.24 bits per heavy atom. The van der Waals surface area contributed by atoms with Gasteiger partial charge in [-0.3, -0.25) is 14.9 Å². The number of aromatic nitrogens is 3. The summed E-state index contributed by atoms with van der Waals surface area (Å²) in [4.78, 5) is 22.8. The van der Waals surface area contributed by atoms with Gasteiger partial charge in [0, 0.05) is 24.2 Å². The normalized spacial score (nSPS) is 10.9. The fourth-order valence-corrected chi connectivity index (χ4v) is 3.86. The highest BCUT2D eigenvalue weighted by Gasteiger charge is 2.16. The van der Waals surface area contributed by atoms with Crippen molar-refractivity contribution in [3.63, 3.8) is 0 Å². The lowest BCUT2D eigenvalue weighted by Gasteiger charge is -2.10. The van der Waals surface area contributed by atoms with E-state index in [0.29, 0.717) is 30.1 Å². The highest BCUT2D eigenvalue weighted by Crippen LogP contribution is 2.28. The van der Waals surface area contributed by atoms with Gasteiger partial charge in [-0.15, -0.1) is 10.2 Å². The van der Waals surface area contributed by atoms with E-state index in [0.717, 1.165) is 11.3 Å². The molecule has 1 amide bonds. The summed E-state index contributed by atoms with van der Waals surface area (Å²) in [6, 6.07) is 11.5. The van der Waals surface area contributed by atoms with Crippen LogP contribution in [0.4, 0.5) is 11.4 Å². The molecule has 11 heteroatoms. The second-order valence-electron chi connectivity index (χ2n) is 7.54. The summed E-state index contributed by atoms with van der Waals surface area (Å²) < 4.78 is 7.64. The van der Waals surface area contributed by atoms with Gasteiger partial charge in [0.05, 0.1) is 28.0 Å². The van der Waals surface area contributed by atoms with Gasteiger partial charge in [-0.05, 0) is 43.2 Å². The third-order valence-corrected chi connectivity index (χ3v) is 5.79. The minimum Gasteiger partial charge on any atom is -0.493 e. The van der Waals surface area contributed by atoms with Crippen LogP contribution in [-0.2, 0) is 11.3 Å². The maximum absolute atomic E-state index is 12.4. The number of hydrogen-bond acceptors (Lipinski definition) is 7. The highest BCUT2D eigenvalue weighted by molar-refractivity contribution is 7.99. The summed E-state index contributed by atoms with van der Waals surface area (Å²) in [5.41, 5.74) is 0.924. The van der Waals surface area contributed by atoms with E-state index in [1.165, 1.54) is 30.0 Å². The van der Waals surface area contributed by atoms with Crippen LogP contribution >= 0.6 is 23.4 Å². The fourth-order valence-electron chi connectivity index (χ4n) is 2.90. The molecular formula is C22H24ClN5O4S. The SMILES string of the molecule is CCn1c(SCC(=O)Nc2cc([N+](=O)[O-])ccc2Cl)nnc1-c1ccc(OCC(C)C)cc1. The standard InChI is InChI=1S/C22H24ClN5O4S/c1-4-27-21(15-5-8-17(9-6-15)32-12-14(2)3)25-26-22(27)33-13-20(29)24-19-11-16(28(30)31)7-10-18(19)23/h5-11,14H,4,12-13H2,1-3H3,(H,24,29). The summed E-state index contributed by atoms with van der Waals surface area (Å²) in [6.07, 6.45) is 0. The molecule has 2 aromatic carbocycles. The number of nitro groups is 1. The second-order valence-corrected chi connectivity index (χ2v) is 8.89. The molecule has 9 nitrogen and oxygen atoms in total. The Morgan fingerprint density at radius 2 is 1.97 bits per heavy atom. The number of ether oxygens (including phenoxy) is 1. The Kier molecular flexibility index (Phi) is 8.29. The number of rotatable bonds is 10. The Morgan fingerprint density at radius 3 is 2.61 bits per heavy atom. The zero-order valence-electron chi connectivity index (χ0n) is 18.4. The van der Waals surface area contributed by atoms with E-state index >= 15 is 0 Å². The number of nitrogens with one attached hydrogen (secondary N) is 1. The van der Waals surface area contributed by atoms with Crippen LogP contribution in [0.3, 0.4) is 0 Å². The number of amides is 1. The van der Waals surface area contributed by atoms with Crippen LogP contribution in [0.25, 0.3) is 11.4 Å². The zero-order valence-corrected chi connectivity index (χ0v) is 20.0. The van der Waals surface area contributed by atoms with Gasteiger partial charge < -0.3 is 14.6 Å². The molecule has 0 saturated carbocycles. The van der Waals surface area contributed by atoms with Crippen LogP contribution < -0.4 is 10.1 Å². The topological polar surface area (TPSA) is 112 Å². The minimum atomic E-state index is -0.547. The number of thioether (sulfide) groups is 1. The lowest BCUT2D eigenvalue weighted by atomic mass is 10.2. The van der Waals surface area contributed by atoms with Crippen LogP contribution in [-0.4, -0.2) is 38.0 Å². The van der Waals surface area contributed by atoms with Gasteiger partial charge in [0.25, 0.3) is 5.69 Å². The molecule has 33 heavy (non-hydrogen) atoms. The lowest BCUT2D eigenvalue weighted by Crippen LogP contribution is -2.15. The molecule has 1 N–H and O–H groups in total. The molecule has 3 rings (SSSR count). The van der Waals surface area contributed by atoms with Crippen LogP contribution in [0.1, 0.15) is 20.8 Å². The van der Waals surface area contributed by atoms with Crippen molar-refractivity contribution >= 4 is 40.6 Å². The summed E-state index contributed by atoms with van der Waals surface area (Å²) in [5, 5.41) is 22.9. The van der Waals surface area contributed by atoms with E-state index < -0.39 is 4.92 Å². The summed E-state index contributed by atoms with van der Waals surface area (Å²) in [7, 11) is 0.